The molecule has 5 heteroatoms. The Hall–Kier alpha value is -2.72. The number of ketones is 1. The minimum absolute atomic E-state index is 0.0647. The van der Waals surface area contributed by atoms with E-state index in [2.05, 4.69) is 25.2 Å². The van der Waals surface area contributed by atoms with Crippen LogP contribution in [0.2, 0.25) is 5.02 Å². The summed E-state index contributed by atoms with van der Waals surface area (Å²) in [5, 5.41) is 4.25. The monoisotopic (exact) mass is 407 g/mol. The van der Waals surface area contributed by atoms with Gasteiger partial charge in [0, 0.05) is 34.3 Å². The number of Topliss-reactive ketones (excluding diaryl/α,β-unsaturated/α-hetero) is 1. The van der Waals surface area contributed by atoms with E-state index in [0.717, 1.165) is 46.0 Å². The molecule has 148 valence electrons. The van der Waals surface area contributed by atoms with Gasteiger partial charge in [-0.15, -0.1) is 0 Å². The third-order valence-electron chi connectivity index (χ3n) is 5.76. The van der Waals surface area contributed by atoms with E-state index < -0.39 is 0 Å². The lowest BCUT2D eigenvalue weighted by atomic mass is 9.70. The molecule has 0 fully saturated rings. The summed E-state index contributed by atoms with van der Waals surface area (Å²) in [5.41, 5.74) is 4.88. The van der Waals surface area contributed by atoms with Crippen molar-refractivity contribution in [2.45, 2.75) is 32.6 Å². The van der Waals surface area contributed by atoms with Gasteiger partial charge in [0.2, 0.25) is 6.79 Å². The van der Waals surface area contributed by atoms with Crippen LogP contribution in [-0.4, -0.2) is 12.6 Å². The maximum absolute atomic E-state index is 13.1. The molecule has 4 nitrogen and oxygen atoms in total. The normalized spacial score (nSPS) is 22.1. The average Bonchev–Trinajstić information content (AvgIpc) is 3.14. The van der Waals surface area contributed by atoms with Crippen molar-refractivity contribution in [3.8, 4) is 11.5 Å². The number of nitrogens with one attached hydrogen (secondary N) is 1. The molecule has 5 rings (SSSR count). The summed E-state index contributed by atoms with van der Waals surface area (Å²) >= 11 is 6.08. The molecule has 1 N–H and O–H groups in total. The van der Waals surface area contributed by atoms with E-state index in [1.807, 2.05) is 42.5 Å². The van der Waals surface area contributed by atoms with E-state index >= 15 is 0 Å². The first-order valence-corrected chi connectivity index (χ1v) is 10.2. The lowest BCUT2D eigenvalue weighted by Crippen LogP contribution is -2.35. The molecule has 0 amide bonds. The predicted octanol–water partition coefficient (Wildman–Crippen LogP) is 5.44. The van der Waals surface area contributed by atoms with Crippen LogP contribution in [0.4, 0.5) is 0 Å². The molecule has 2 aliphatic heterocycles. The van der Waals surface area contributed by atoms with Crippen LogP contribution in [-0.2, 0) is 4.79 Å². The topological polar surface area (TPSA) is 47.6 Å². The van der Waals surface area contributed by atoms with Gasteiger partial charge < -0.3 is 14.8 Å². The number of carbonyl (C=O) groups is 1. The summed E-state index contributed by atoms with van der Waals surface area (Å²) in [6.45, 7) is 4.52. The number of hydrogen-bond acceptors (Lipinski definition) is 4. The van der Waals surface area contributed by atoms with E-state index in [4.69, 9.17) is 21.1 Å². The molecule has 0 bridgehead atoms. The van der Waals surface area contributed by atoms with Crippen LogP contribution < -0.4 is 14.8 Å². The van der Waals surface area contributed by atoms with Gasteiger partial charge in [-0.05, 0) is 53.3 Å². The quantitative estimate of drug-likeness (QED) is 0.720. The van der Waals surface area contributed by atoms with Gasteiger partial charge in [-0.3, -0.25) is 4.79 Å². The van der Waals surface area contributed by atoms with Crippen LogP contribution in [0.1, 0.15) is 43.7 Å². The molecule has 0 radical (unpaired) electrons. The number of allylic oxidation sites excluding steroid dienone is 3. The number of dihydropyridines is 1. The minimum atomic E-state index is -0.130. The Morgan fingerprint density at radius 3 is 2.59 bits per heavy atom. The molecule has 1 aliphatic carbocycles. The van der Waals surface area contributed by atoms with Crippen molar-refractivity contribution in [2.75, 3.05) is 6.79 Å². The second-order valence-electron chi connectivity index (χ2n) is 8.64. The number of hydrogen-bond donors (Lipinski definition) is 1. The van der Waals surface area contributed by atoms with Crippen LogP contribution in [0.25, 0.3) is 5.70 Å². The number of benzene rings is 2. The van der Waals surface area contributed by atoms with Crippen molar-refractivity contribution in [3.05, 3.63) is 76.0 Å². The molecule has 2 aromatic rings. The highest BCUT2D eigenvalue weighted by molar-refractivity contribution is 6.30. The molecule has 1 atom stereocenters. The van der Waals surface area contributed by atoms with Crippen LogP contribution in [0.15, 0.2) is 59.8 Å². The molecule has 0 saturated heterocycles. The summed E-state index contributed by atoms with van der Waals surface area (Å²) < 4.78 is 11.0. The highest BCUT2D eigenvalue weighted by Crippen LogP contribution is 2.46. The maximum Gasteiger partial charge on any atom is 0.231 e. The standard InChI is InChI=1S/C24H22ClNO3/c1-24(2)11-19-23(20(27)12-24)17(15-5-8-21-22(9-15)29-13-28-21)10-18(26-19)14-3-6-16(25)7-4-14/h3-10,17,26H,11-13H2,1-2H3. The Balaban J connectivity index is 1.63. The Bertz CT molecular complexity index is 1070. The minimum Gasteiger partial charge on any atom is -0.454 e. The van der Waals surface area contributed by atoms with Gasteiger partial charge in [0.05, 0.1) is 0 Å². The number of halogens is 1. The molecule has 2 heterocycles. The van der Waals surface area contributed by atoms with Gasteiger partial charge in [0.25, 0.3) is 0 Å². The van der Waals surface area contributed by atoms with Gasteiger partial charge in [0.1, 0.15) is 0 Å². The summed E-state index contributed by atoms with van der Waals surface area (Å²) in [5.74, 6) is 1.55. The first-order chi connectivity index (χ1) is 13.9. The lowest BCUT2D eigenvalue weighted by Gasteiger charge is -2.38. The van der Waals surface area contributed by atoms with E-state index in [9.17, 15) is 4.79 Å². The second-order valence-corrected chi connectivity index (χ2v) is 9.07. The van der Waals surface area contributed by atoms with Gasteiger partial charge in [0.15, 0.2) is 17.3 Å². The summed E-state index contributed by atoms with van der Waals surface area (Å²) in [7, 11) is 0. The fourth-order valence-corrected chi connectivity index (χ4v) is 4.55. The molecule has 3 aliphatic rings. The van der Waals surface area contributed by atoms with Crippen LogP contribution in [0.5, 0.6) is 11.5 Å². The van der Waals surface area contributed by atoms with E-state index in [1.54, 1.807) is 0 Å². The zero-order valence-corrected chi connectivity index (χ0v) is 17.2. The molecule has 0 spiro atoms. The first kappa shape index (κ1) is 18.3. The lowest BCUT2D eigenvalue weighted by molar-refractivity contribution is -0.118. The molecule has 0 saturated carbocycles. The van der Waals surface area contributed by atoms with Crippen molar-refractivity contribution in [2.24, 2.45) is 5.41 Å². The number of rotatable bonds is 2. The molecule has 29 heavy (non-hydrogen) atoms. The SMILES string of the molecule is CC1(C)CC(=O)C2=C(C1)NC(c1ccc(Cl)cc1)=CC2c1ccc2c(c1)OCO2. The third kappa shape index (κ3) is 3.32. The zero-order valence-electron chi connectivity index (χ0n) is 16.4. The largest absolute Gasteiger partial charge is 0.454 e. The Kier molecular flexibility index (Phi) is 4.21. The predicted molar refractivity (Wildman–Crippen MR) is 113 cm³/mol. The Labute approximate surface area is 175 Å². The van der Waals surface area contributed by atoms with Gasteiger partial charge in [-0.2, -0.15) is 0 Å². The zero-order chi connectivity index (χ0) is 20.2. The summed E-state index contributed by atoms with van der Waals surface area (Å²) in [4.78, 5) is 13.1. The van der Waals surface area contributed by atoms with E-state index in [1.165, 1.54) is 0 Å². The number of ether oxygens (including phenoxy) is 2. The fraction of sp³-hybridized carbons (Fsp3) is 0.292. The van der Waals surface area contributed by atoms with Crippen molar-refractivity contribution in [1.82, 2.24) is 5.32 Å². The highest BCUT2D eigenvalue weighted by atomic mass is 35.5. The van der Waals surface area contributed by atoms with Gasteiger partial charge in [-0.1, -0.05) is 43.6 Å². The van der Waals surface area contributed by atoms with Crippen LogP contribution in [0, 0.1) is 5.41 Å². The van der Waals surface area contributed by atoms with Crippen molar-refractivity contribution >= 4 is 23.1 Å². The molecular weight excluding hydrogens is 386 g/mol. The van der Waals surface area contributed by atoms with Crippen molar-refractivity contribution in [3.63, 3.8) is 0 Å². The van der Waals surface area contributed by atoms with Gasteiger partial charge >= 0.3 is 0 Å². The van der Waals surface area contributed by atoms with Crippen molar-refractivity contribution in [1.29, 1.82) is 0 Å². The molecule has 2 aromatic carbocycles. The van der Waals surface area contributed by atoms with E-state index in [0.29, 0.717) is 11.4 Å². The van der Waals surface area contributed by atoms with Crippen LogP contribution in [0.3, 0.4) is 0 Å². The molecular formula is C24H22ClNO3. The molecule has 0 aromatic heterocycles. The number of fused-ring (bicyclic) bond motifs is 1. The van der Waals surface area contributed by atoms with Crippen LogP contribution >= 0.6 is 11.6 Å². The third-order valence-corrected chi connectivity index (χ3v) is 6.01. The highest BCUT2D eigenvalue weighted by Gasteiger charge is 2.38. The summed E-state index contributed by atoms with van der Waals surface area (Å²) in [6.07, 6.45) is 3.52. The average molecular weight is 408 g/mol. The van der Waals surface area contributed by atoms with Crippen molar-refractivity contribution < 1.29 is 14.3 Å². The summed E-state index contributed by atoms with van der Waals surface area (Å²) in [6, 6.07) is 13.7. The maximum atomic E-state index is 13.1. The molecule has 1 unspecified atom stereocenters. The smallest absolute Gasteiger partial charge is 0.231 e. The van der Waals surface area contributed by atoms with Gasteiger partial charge in [-0.25, -0.2) is 0 Å². The fourth-order valence-electron chi connectivity index (χ4n) is 4.43. The van der Waals surface area contributed by atoms with E-state index in [-0.39, 0.29) is 23.9 Å². The second kappa shape index (κ2) is 6.67. The first-order valence-electron chi connectivity index (χ1n) is 9.80. The Morgan fingerprint density at radius 2 is 1.79 bits per heavy atom. The number of carbonyl (C=O) groups excluding carboxylic acids is 1. The Morgan fingerprint density at radius 1 is 1.03 bits per heavy atom.